The van der Waals surface area contributed by atoms with Crippen LogP contribution in [0.1, 0.15) is 25.8 Å². The monoisotopic (exact) mass is 308 g/mol. The highest BCUT2D eigenvalue weighted by Gasteiger charge is 2.16. The molecular weight excluding hydrogens is 288 g/mol. The number of hydrogen-bond acceptors (Lipinski definition) is 4. The molecule has 22 heavy (non-hydrogen) atoms. The molecule has 0 radical (unpaired) electrons. The van der Waals surface area contributed by atoms with Gasteiger partial charge in [-0.1, -0.05) is 13.0 Å². The number of carbonyl (C=O) groups excluding carboxylic acids is 2. The Morgan fingerprint density at radius 3 is 2.64 bits per heavy atom. The van der Waals surface area contributed by atoms with Gasteiger partial charge in [-0.15, -0.1) is 0 Å². The number of non-ortho nitro benzene ring substituents is 1. The van der Waals surface area contributed by atoms with Crippen LogP contribution in [0.15, 0.2) is 18.2 Å². The van der Waals surface area contributed by atoms with Gasteiger partial charge in [0, 0.05) is 18.7 Å². The molecule has 3 N–H and O–H groups in total. The summed E-state index contributed by atoms with van der Waals surface area (Å²) in [5, 5.41) is 18.4. The third-order valence-corrected chi connectivity index (χ3v) is 2.97. The first-order valence-corrected chi connectivity index (χ1v) is 6.95. The number of carbonyl (C=O) groups is 2. The molecule has 0 fully saturated rings. The molecule has 8 heteroatoms. The third-order valence-electron chi connectivity index (χ3n) is 2.97. The van der Waals surface area contributed by atoms with Gasteiger partial charge in [0.25, 0.3) is 5.69 Å². The van der Waals surface area contributed by atoms with Crippen LogP contribution in [-0.4, -0.2) is 29.4 Å². The van der Waals surface area contributed by atoms with E-state index in [1.54, 1.807) is 19.9 Å². The minimum absolute atomic E-state index is 0.116. The predicted octanol–water partition coefficient (Wildman–Crippen LogP) is 1.94. The second-order valence-electron chi connectivity index (χ2n) is 4.87. The number of nitrogens with one attached hydrogen (secondary N) is 3. The largest absolute Gasteiger partial charge is 0.354 e. The molecule has 3 amide bonds. The molecule has 0 aliphatic heterocycles. The summed E-state index contributed by atoms with van der Waals surface area (Å²) >= 11 is 0. The van der Waals surface area contributed by atoms with Crippen LogP contribution in [0.4, 0.5) is 16.2 Å². The Balaban J connectivity index is 2.67. The predicted molar refractivity (Wildman–Crippen MR) is 82.8 cm³/mol. The van der Waals surface area contributed by atoms with Crippen molar-refractivity contribution in [3.8, 4) is 0 Å². The zero-order valence-electron chi connectivity index (χ0n) is 12.8. The standard InChI is InChI=1S/C14H20N4O4/c1-4-7-15-13(19)10(3)16-14(20)17-12-8-11(18(21)22)6-5-9(12)2/h5-6,8,10H,4,7H2,1-3H3,(H,15,19)(H2,16,17,20)/t10-/m1/s1. The van der Waals surface area contributed by atoms with E-state index in [0.717, 1.165) is 6.42 Å². The molecule has 0 aromatic heterocycles. The molecular formula is C14H20N4O4. The number of aryl methyl sites for hydroxylation is 1. The zero-order chi connectivity index (χ0) is 16.7. The Morgan fingerprint density at radius 2 is 2.05 bits per heavy atom. The fourth-order valence-electron chi connectivity index (χ4n) is 1.68. The van der Waals surface area contributed by atoms with Crippen LogP contribution in [0, 0.1) is 17.0 Å². The number of nitro groups is 1. The van der Waals surface area contributed by atoms with E-state index in [4.69, 9.17) is 0 Å². The van der Waals surface area contributed by atoms with Crippen molar-refractivity contribution in [3.05, 3.63) is 33.9 Å². The van der Waals surface area contributed by atoms with Crippen molar-refractivity contribution in [2.45, 2.75) is 33.2 Å². The number of urea groups is 1. The molecule has 0 bridgehead atoms. The number of nitro benzene ring substituents is 1. The van der Waals surface area contributed by atoms with Crippen molar-refractivity contribution >= 4 is 23.3 Å². The van der Waals surface area contributed by atoms with Crippen LogP contribution in [0.2, 0.25) is 0 Å². The van der Waals surface area contributed by atoms with Crippen molar-refractivity contribution < 1.29 is 14.5 Å². The highest BCUT2D eigenvalue weighted by atomic mass is 16.6. The van der Waals surface area contributed by atoms with Crippen LogP contribution in [0.25, 0.3) is 0 Å². The lowest BCUT2D eigenvalue weighted by atomic mass is 10.2. The molecule has 0 aliphatic rings. The quantitative estimate of drug-likeness (QED) is 0.550. The van der Waals surface area contributed by atoms with Gasteiger partial charge in [-0.3, -0.25) is 14.9 Å². The summed E-state index contributed by atoms with van der Waals surface area (Å²) in [5.41, 5.74) is 0.895. The summed E-state index contributed by atoms with van der Waals surface area (Å²) in [7, 11) is 0. The third kappa shape index (κ3) is 5.04. The molecule has 0 unspecified atom stereocenters. The second-order valence-corrected chi connectivity index (χ2v) is 4.87. The Morgan fingerprint density at radius 1 is 1.36 bits per heavy atom. The van der Waals surface area contributed by atoms with Gasteiger partial charge in [0.2, 0.25) is 5.91 Å². The summed E-state index contributed by atoms with van der Waals surface area (Å²) in [5.74, 6) is -0.284. The number of nitrogens with zero attached hydrogens (tertiary/aromatic N) is 1. The normalized spacial score (nSPS) is 11.4. The first kappa shape index (κ1) is 17.4. The Bertz CT molecular complexity index is 574. The number of benzene rings is 1. The van der Waals surface area contributed by atoms with Crippen LogP contribution in [-0.2, 0) is 4.79 Å². The molecule has 1 aromatic carbocycles. The average molecular weight is 308 g/mol. The molecule has 0 saturated heterocycles. The lowest BCUT2D eigenvalue weighted by Gasteiger charge is -2.15. The number of rotatable bonds is 6. The van der Waals surface area contributed by atoms with Crippen molar-refractivity contribution in [1.29, 1.82) is 0 Å². The van der Waals surface area contributed by atoms with E-state index >= 15 is 0 Å². The average Bonchev–Trinajstić information content (AvgIpc) is 2.46. The van der Waals surface area contributed by atoms with Gasteiger partial charge < -0.3 is 16.0 Å². The van der Waals surface area contributed by atoms with Gasteiger partial charge in [-0.2, -0.15) is 0 Å². The lowest BCUT2D eigenvalue weighted by Crippen LogP contribution is -2.46. The van der Waals surface area contributed by atoms with Gasteiger partial charge in [-0.05, 0) is 25.8 Å². The molecule has 0 spiro atoms. The Labute approximate surface area is 128 Å². The van der Waals surface area contributed by atoms with Crippen LogP contribution in [0.3, 0.4) is 0 Å². The minimum atomic E-state index is -0.703. The van der Waals surface area contributed by atoms with Crippen molar-refractivity contribution in [3.63, 3.8) is 0 Å². The minimum Gasteiger partial charge on any atom is -0.354 e. The van der Waals surface area contributed by atoms with Crippen molar-refractivity contribution in [2.75, 3.05) is 11.9 Å². The summed E-state index contributed by atoms with van der Waals surface area (Å²) in [6.45, 7) is 5.74. The lowest BCUT2D eigenvalue weighted by molar-refractivity contribution is -0.384. The zero-order valence-corrected chi connectivity index (χ0v) is 12.8. The van der Waals surface area contributed by atoms with E-state index in [-0.39, 0.29) is 11.6 Å². The SMILES string of the molecule is CCCNC(=O)[C@@H](C)NC(=O)Nc1cc([N+](=O)[O-])ccc1C. The molecule has 0 heterocycles. The van der Waals surface area contributed by atoms with E-state index in [2.05, 4.69) is 16.0 Å². The van der Waals surface area contributed by atoms with E-state index in [1.165, 1.54) is 12.1 Å². The Kier molecular flexibility index (Phi) is 6.30. The van der Waals surface area contributed by atoms with Gasteiger partial charge in [-0.25, -0.2) is 4.79 Å². The molecule has 0 saturated carbocycles. The van der Waals surface area contributed by atoms with Gasteiger partial charge in [0.1, 0.15) is 6.04 Å². The van der Waals surface area contributed by atoms with Crippen molar-refractivity contribution in [2.24, 2.45) is 0 Å². The first-order valence-electron chi connectivity index (χ1n) is 6.95. The molecule has 8 nitrogen and oxygen atoms in total. The molecule has 1 aromatic rings. The summed E-state index contributed by atoms with van der Waals surface area (Å²) < 4.78 is 0. The van der Waals surface area contributed by atoms with Crippen LogP contribution < -0.4 is 16.0 Å². The smallest absolute Gasteiger partial charge is 0.319 e. The molecule has 1 rings (SSSR count). The maximum atomic E-state index is 11.9. The highest BCUT2D eigenvalue weighted by molar-refractivity contribution is 5.94. The molecule has 1 atom stereocenters. The van der Waals surface area contributed by atoms with Crippen LogP contribution >= 0.6 is 0 Å². The number of amides is 3. The van der Waals surface area contributed by atoms with Gasteiger partial charge >= 0.3 is 6.03 Å². The van der Waals surface area contributed by atoms with E-state index in [1.807, 2.05) is 6.92 Å². The summed E-state index contributed by atoms with van der Waals surface area (Å²) in [6.07, 6.45) is 0.803. The van der Waals surface area contributed by atoms with E-state index in [9.17, 15) is 19.7 Å². The maximum absolute atomic E-state index is 11.9. The summed E-state index contributed by atoms with van der Waals surface area (Å²) in [6, 6.07) is 2.88. The Hall–Kier alpha value is -2.64. The van der Waals surface area contributed by atoms with Gasteiger partial charge in [0.15, 0.2) is 0 Å². The van der Waals surface area contributed by atoms with Gasteiger partial charge in [0.05, 0.1) is 10.6 Å². The fourth-order valence-corrected chi connectivity index (χ4v) is 1.68. The number of anilines is 1. The number of hydrogen-bond donors (Lipinski definition) is 3. The molecule has 120 valence electrons. The fraction of sp³-hybridized carbons (Fsp3) is 0.429. The van der Waals surface area contributed by atoms with Crippen molar-refractivity contribution in [1.82, 2.24) is 10.6 Å². The maximum Gasteiger partial charge on any atom is 0.319 e. The van der Waals surface area contributed by atoms with E-state index < -0.39 is 17.0 Å². The topological polar surface area (TPSA) is 113 Å². The highest BCUT2D eigenvalue weighted by Crippen LogP contribution is 2.21. The molecule has 0 aliphatic carbocycles. The van der Waals surface area contributed by atoms with Crippen LogP contribution in [0.5, 0.6) is 0 Å². The summed E-state index contributed by atoms with van der Waals surface area (Å²) in [4.78, 5) is 33.7. The van der Waals surface area contributed by atoms with E-state index in [0.29, 0.717) is 17.8 Å². The first-order chi connectivity index (χ1) is 10.3. The second kappa shape index (κ2) is 7.96.